The molecular formula is C39H36ClFN2O3Si. The zero-order chi connectivity index (χ0) is 33.0. The van der Waals surface area contributed by atoms with Crippen molar-refractivity contribution in [3.8, 4) is 28.4 Å². The molecule has 1 heterocycles. The van der Waals surface area contributed by atoms with E-state index in [2.05, 4.69) is 25.8 Å². The maximum Gasteiger partial charge on any atom is 0.224 e. The van der Waals surface area contributed by atoms with E-state index in [4.69, 9.17) is 25.5 Å². The lowest BCUT2D eigenvalue weighted by Crippen LogP contribution is -2.17. The van der Waals surface area contributed by atoms with Crippen LogP contribution in [0.3, 0.4) is 0 Å². The van der Waals surface area contributed by atoms with Gasteiger partial charge in [-0.2, -0.15) is 0 Å². The number of fused-ring (bicyclic) bond motifs is 1. The second kappa shape index (κ2) is 13.9. The summed E-state index contributed by atoms with van der Waals surface area (Å²) in [5.41, 5.74) is 4.40. The lowest BCUT2D eigenvalue weighted by molar-refractivity contribution is 0.285. The quantitative estimate of drug-likeness (QED) is 0.137. The molecular weight excluding hydrogens is 627 g/mol. The van der Waals surface area contributed by atoms with Crippen LogP contribution in [0.4, 0.5) is 21.5 Å². The summed E-state index contributed by atoms with van der Waals surface area (Å²) < 4.78 is 35.6. The van der Waals surface area contributed by atoms with E-state index in [0.29, 0.717) is 46.3 Å². The number of anilines is 3. The van der Waals surface area contributed by atoms with Crippen molar-refractivity contribution in [3.63, 3.8) is 0 Å². The molecule has 0 aliphatic carbocycles. The summed E-state index contributed by atoms with van der Waals surface area (Å²) in [5, 5.41) is 0.994. The number of aromatic nitrogens is 1. The van der Waals surface area contributed by atoms with Crippen LogP contribution in [0.1, 0.15) is 26.3 Å². The lowest BCUT2D eigenvalue weighted by atomic mass is 10.0. The number of ether oxygens (including phenoxy) is 2. The largest absolute Gasteiger partial charge is 0.548 e. The average Bonchev–Trinajstić information content (AvgIpc) is 3.08. The fourth-order valence-corrected chi connectivity index (χ4v) is 6.55. The van der Waals surface area contributed by atoms with E-state index in [1.54, 1.807) is 19.4 Å². The number of methoxy groups -OCH3 is 1. The van der Waals surface area contributed by atoms with Gasteiger partial charge in [0.2, 0.25) is 9.76 Å². The molecule has 0 spiro atoms. The van der Waals surface area contributed by atoms with Crippen molar-refractivity contribution in [2.75, 3.05) is 12.0 Å². The fraction of sp³-hybridized carbons (Fsp3) is 0.154. The highest BCUT2D eigenvalue weighted by atomic mass is 35.5. The van der Waals surface area contributed by atoms with Crippen LogP contribution in [0.5, 0.6) is 17.2 Å². The summed E-state index contributed by atoms with van der Waals surface area (Å²) in [6, 6.07) is 36.3. The van der Waals surface area contributed by atoms with Crippen LogP contribution in [0, 0.1) is 5.82 Å². The van der Waals surface area contributed by atoms with E-state index in [1.807, 2.05) is 114 Å². The molecule has 1 aromatic heterocycles. The predicted octanol–water partition coefficient (Wildman–Crippen LogP) is 10.4. The number of para-hydroxylation sites is 1. The number of nitrogens with zero attached hydrogens (tertiary/aromatic N) is 2. The molecule has 5 nitrogen and oxygen atoms in total. The highest BCUT2D eigenvalue weighted by Crippen LogP contribution is 2.48. The van der Waals surface area contributed by atoms with Crippen LogP contribution >= 0.6 is 11.6 Å². The summed E-state index contributed by atoms with van der Waals surface area (Å²) >= 11 is 6.97. The monoisotopic (exact) mass is 662 g/mol. The standard InChI is InChI=1S/C39H36ClFN2O3Si/c1-39(2,3)47-46-35-24-32(38(41)36(37(35)40)27-16-10-6-11-17-27)43(28-18-12-7-13-19-28)31-20-21-42-30-23-34(33(44-4)22-29(30)31)45-25-26-14-8-5-9-15-26/h5-24H,25,47H2,1-4H3. The number of hydrogen-bond donors (Lipinski definition) is 0. The highest BCUT2D eigenvalue weighted by Gasteiger charge is 2.27. The molecule has 0 saturated carbocycles. The van der Waals surface area contributed by atoms with Gasteiger partial charge in [0.15, 0.2) is 17.3 Å². The minimum Gasteiger partial charge on any atom is -0.548 e. The van der Waals surface area contributed by atoms with Crippen molar-refractivity contribution in [2.45, 2.75) is 32.4 Å². The first-order valence-corrected chi connectivity index (χ1v) is 17.1. The molecule has 47 heavy (non-hydrogen) atoms. The van der Waals surface area contributed by atoms with Crippen LogP contribution < -0.4 is 18.8 Å². The molecule has 0 amide bonds. The Morgan fingerprint density at radius 2 is 1.45 bits per heavy atom. The van der Waals surface area contributed by atoms with Gasteiger partial charge in [0, 0.05) is 35.0 Å². The Morgan fingerprint density at radius 3 is 2.11 bits per heavy atom. The second-order valence-corrected chi connectivity index (χ2v) is 15.5. The highest BCUT2D eigenvalue weighted by molar-refractivity contribution is 6.37. The molecule has 0 bridgehead atoms. The smallest absolute Gasteiger partial charge is 0.224 e. The summed E-state index contributed by atoms with van der Waals surface area (Å²) in [4.78, 5) is 6.57. The Bertz CT molecular complexity index is 1990. The number of rotatable bonds is 10. The predicted molar refractivity (Wildman–Crippen MR) is 193 cm³/mol. The van der Waals surface area contributed by atoms with Crippen molar-refractivity contribution in [2.24, 2.45) is 0 Å². The molecule has 0 atom stereocenters. The first kappa shape index (κ1) is 32.1. The number of halogens is 2. The maximum atomic E-state index is 17.1. The summed E-state index contributed by atoms with van der Waals surface area (Å²) in [5.74, 6) is 1.09. The molecule has 8 heteroatoms. The molecule has 5 aromatic carbocycles. The Kier molecular flexibility index (Phi) is 9.47. The first-order valence-electron chi connectivity index (χ1n) is 15.4. The average molecular weight is 663 g/mol. The molecule has 0 aliphatic heterocycles. The van der Waals surface area contributed by atoms with E-state index in [9.17, 15) is 0 Å². The third-order valence-corrected chi connectivity index (χ3v) is 9.31. The lowest BCUT2D eigenvalue weighted by Gasteiger charge is -2.29. The minimum absolute atomic E-state index is 0.0119. The number of pyridine rings is 1. The molecule has 6 aromatic rings. The molecule has 0 fully saturated rings. The fourth-order valence-electron chi connectivity index (χ4n) is 5.35. The topological polar surface area (TPSA) is 43.8 Å². The minimum atomic E-state index is -1.08. The van der Waals surface area contributed by atoms with Crippen LogP contribution in [0.15, 0.2) is 121 Å². The molecule has 0 N–H and O–H groups in total. The third-order valence-electron chi connectivity index (χ3n) is 7.61. The van der Waals surface area contributed by atoms with Crippen molar-refractivity contribution in [3.05, 3.63) is 138 Å². The zero-order valence-electron chi connectivity index (χ0n) is 26.8. The van der Waals surface area contributed by atoms with E-state index >= 15 is 4.39 Å². The van der Waals surface area contributed by atoms with Crippen molar-refractivity contribution >= 4 is 49.3 Å². The van der Waals surface area contributed by atoms with Gasteiger partial charge in [0.1, 0.15) is 12.4 Å². The van der Waals surface area contributed by atoms with Gasteiger partial charge in [-0.1, -0.05) is 111 Å². The molecule has 6 rings (SSSR count). The Balaban J connectivity index is 1.55. The second-order valence-electron chi connectivity index (χ2n) is 12.4. The molecule has 0 radical (unpaired) electrons. The van der Waals surface area contributed by atoms with Gasteiger partial charge in [-0.15, -0.1) is 0 Å². The van der Waals surface area contributed by atoms with Crippen molar-refractivity contribution in [1.29, 1.82) is 0 Å². The van der Waals surface area contributed by atoms with Gasteiger partial charge in [0.25, 0.3) is 0 Å². The van der Waals surface area contributed by atoms with E-state index in [1.165, 1.54) is 0 Å². The Hall–Kier alpha value is -4.85. The third kappa shape index (κ3) is 7.11. The molecule has 238 valence electrons. The van der Waals surface area contributed by atoms with E-state index in [0.717, 1.165) is 16.6 Å². The summed E-state index contributed by atoms with van der Waals surface area (Å²) in [7, 11) is 0.525. The van der Waals surface area contributed by atoms with Crippen LogP contribution in [-0.4, -0.2) is 21.9 Å². The number of hydrogen-bond acceptors (Lipinski definition) is 5. The van der Waals surface area contributed by atoms with E-state index in [-0.39, 0.29) is 15.6 Å². The van der Waals surface area contributed by atoms with Gasteiger partial charge >= 0.3 is 0 Å². The van der Waals surface area contributed by atoms with E-state index < -0.39 is 15.6 Å². The normalized spacial score (nSPS) is 11.6. The van der Waals surface area contributed by atoms with Crippen molar-refractivity contribution < 1.29 is 18.3 Å². The van der Waals surface area contributed by atoms with Gasteiger partial charge in [-0.3, -0.25) is 4.98 Å². The van der Waals surface area contributed by atoms with Crippen LogP contribution in [0.25, 0.3) is 22.0 Å². The first-order chi connectivity index (χ1) is 22.7. The SMILES string of the molecule is COc1cc2c(N(c3ccccc3)c3cc(O[SiH2]C(C)(C)C)c(Cl)c(-c4ccccc4)c3F)ccnc2cc1OCc1ccccc1. The molecule has 0 unspecified atom stereocenters. The van der Waals surface area contributed by atoms with Gasteiger partial charge in [-0.25, -0.2) is 4.39 Å². The number of benzene rings is 5. The Labute approximate surface area is 282 Å². The van der Waals surface area contributed by atoms with Crippen LogP contribution in [0.2, 0.25) is 10.1 Å². The van der Waals surface area contributed by atoms with Gasteiger partial charge in [-0.05, 0) is 40.4 Å². The summed E-state index contributed by atoms with van der Waals surface area (Å²) in [6.45, 7) is 6.79. The van der Waals surface area contributed by atoms with Crippen molar-refractivity contribution in [1.82, 2.24) is 4.98 Å². The molecule has 0 saturated heterocycles. The zero-order valence-corrected chi connectivity index (χ0v) is 29.0. The Morgan fingerprint density at radius 1 is 0.787 bits per heavy atom. The summed E-state index contributed by atoms with van der Waals surface area (Å²) in [6.07, 6.45) is 1.72. The molecule has 0 aliphatic rings. The van der Waals surface area contributed by atoms with Gasteiger partial charge < -0.3 is 18.8 Å². The van der Waals surface area contributed by atoms with Gasteiger partial charge in [0.05, 0.1) is 29.0 Å². The van der Waals surface area contributed by atoms with Crippen LogP contribution in [-0.2, 0) is 6.61 Å². The maximum absolute atomic E-state index is 17.1.